The first kappa shape index (κ1) is 18.8. The van der Waals surface area contributed by atoms with E-state index in [1.54, 1.807) is 30.3 Å². The molecule has 0 aliphatic carbocycles. The summed E-state index contributed by atoms with van der Waals surface area (Å²) >= 11 is 5.66. The van der Waals surface area contributed by atoms with E-state index in [9.17, 15) is 18.8 Å². The summed E-state index contributed by atoms with van der Waals surface area (Å²) in [5.74, 6) is -1.66. The second-order valence-corrected chi connectivity index (χ2v) is 6.72. The van der Waals surface area contributed by atoms with Crippen LogP contribution in [-0.2, 0) is 16.0 Å². The van der Waals surface area contributed by atoms with Crippen LogP contribution in [0.1, 0.15) is 22.3 Å². The van der Waals surface area contributed by atoms with Crippen LogP contribution in [0.3, 0.4) is 0 Å². The van der Waals surface area contributed by atoms with Crippen LogP contribution in [0.4, 0.5) is 10.1 Å². The topological polar surface area (TPSA) is 92.5 Å². The number of halogens is 2. The molecule has 3 amide bonds. The monoisotopic (exact) mass is 389 g/mol. The Morgan fingerprint density at radius 2 is 2.04 bits per heavy atom. The van der Waals surface area contributed by atoms with Crippen LogP contribution in [0, 0.1) is 5.82 Å². The van der Waals surface area contributed by atoms with Crippen molar-refractivity contribution in [1.29, 1.82) is 0 Å². The molecule has 6 nitrogen and oxygen atoms in total. The summed E-state index contributed by atoms with van der Waals surface area (Å²) in [7, 11) is 0. The molecule has 1 atom stereocenters. The summed E-state index contributed by atoms with van der Waals surface area (Å²) in [5, 5.41) is 2.77. The molecular weight excluding hydrogens is 373 g/mol. The predicted molar refractivity (Wildman–Crippen MR) is 99.0 cm³/mol. The van der Waals surface area contributed by atoms with Crippen LogP contribution >= 0.6 is 11.6 Å². The molecule has 8 heteroatoms. The number of hydrogen-bond donors (Lipinski definition) is 2. The largest absolute Gasteiger partial charge is 0.366 e. The smallest absolute Gasteiger partial charge is 0.248 e. The maximum absolute atomic E-state index is 13.6. The van der Waals surface area contributed by atoms with Gasteiger partial charge in [0.25, 0.3) is 0 Å². The van der Waals surface area contributed by atoms with Gasteiger partial charge in [-0.05, 0) is 35.9 Å². The lowest BCUT2D eigenvalue weighted by Gasteiger charge is -2.17. The van der Waals surface area contributed by atoms with Gasteiger partial charge < -0.3 is 16.0 Å². The van der Waals surface area contributed by atoms with E-state index in [0.717, 1.165) is 0 Å². The lowest BCUT2D eigenvalue weighted by atomic mass is 10.1. The highest BCUT2D eigenvalue weighted by atomic mass is 35.5. The Morgan fingerprint density at radius 3 is 2.74 bits per heavy atom. The van der Waals surface area contributed by atoms with Gasteiger partial charge in [-0.15, -0.1) is 0 Å². The third-order valence-electron chi connectivity index (χ3n) is 4.28. The quantitative estimate of drug-likeness (QED) is 0.819. The number of nitrogens with zero attached hydrogens (tertiary/aromatic N) is 1. The van der Waals surface area contributed by atoms with E-state index in [4.69, 9.17) is 17.3 Å². The number of anilines is 1. The predicted octanol–water partition coefficient (Wildman–Crippen LogP) is 2.04. The molecule has 0 aromatic heterocycles. The zero-order valence-electron chi connectivity index (χ0n) is 14.2. The summed E-state index contributed by atoms with van der Waals surface area (Å²) < 4.78 is 13.6. The highest BCUT2D eigenvalue weighted by molar-refractivity contribution is 6.30. The fraction of sp³-hybridized carbons (Fsp3) is 0.211. The van der Waals surface area contributed by atoms with Gasteiger partial charge in [-0.2, -0.15) is 0 Å². The summed E-state index contributed by atoms with van der Waals surface area (Å²) in [6, 6.07) is 10.3. The molecule has 0 saturated carbocycles. The Morgan fingerprint density at radius 1 is 1.26 bits per heavy atom. The first-order valence-corrected chi connectivity index (χ1v) is 8.65. The maximum atomic E-state index is 13.6. The lowest BCUT2D eigenvalue weighted by molar-refractivity contribution is -0.121. The van der Waals surface area contributed by atoms with Crippen molar-refractivity contribution in [3.8, 4) is 0 Å². The minimum Gasteiger partial charge on any atom is -0.366 e. The molecule has 140 valence electrons. The SMILES string of the molecule is NC(=O)c1cccc(CC(=O)NC2CC(=O)N(c3ccc(Cl)c(F)c3)C2)c1. The Hall–Kier alpha value is -2.93. The molecule has 1 saturated heterocycles. The molecule has 1 aliphatic heterocycles. The fourth-order valence-corrected chi connectivity index (χ4v) is 3.12. The Labute approximate surface area is 160 Å². The average Bonchev–Trinajstić information content (AvgIpc) is 2.97. The van der Waals surface area contributed by atoms with Gasteiger partial charge in [0.1, 0.15) is 5.82 Å². The maximum Gasteiger partial charge on any atom is 0.248 e. The first-order valence-electron chi connectivity index (χ1n) is 8.27. The second-order valence-electron chi connectivity index (χ2n) is 6.31. The number of primary amides is 1. The van der Waals surface area contributed by atoms with Gasteiger partial charge >= 0.3 is 0 Å². The standard InChI is InChI=1S/C19H17ClFN3O3/c20-15-5-4-14(9-16(15)21)24-10-13(8-18(24)26)23-17(25)7-11-2-1-3-12(6-11)19(22)27/h1-6,9,13H,7-8,10H2,(H2,22,27)(H,23,25). The van der Waals surface area contributed by atoms with Gasteiger partial charge in [-0.3, -0.25) is 14.4 Å². The lowest BCUT2D eigenvalue weighted by Crippen LogP contribution is -2.38. The van der Waals surface area contributed by atoms with Gasteiger partial charge in [0.2, 0.25) is 17.7 Å². The second kappa shape index (κ2) is 7.75. The number of nitrogens with one attached hydrogen (secondary N) is 1. The van der Waals surface area contributed by atoms with Crippen molar-refractivity contribution < 1.29 is 18.8 Å². The zero-order chi connectivity index (χ0) is 19.6. The minimum absolute atomic E-state index is 0.0200. The van der Waals surface area contributed by atoms with Crippen molar-refractivity contribution in [2.75, 3.05) is 11.4 Å². The molecule has 2 aromatic rings. The number of hydrogen-bond acceptors (Lipinski definition) is 3. The van der Waals surface area contributed by atoms with Crippen molar-refractivity contribution in [2.24, 2.45) is 5.73 Å². The van der Waals surface area contributed by atoms with Crippen LogP contribution < -0.4 is 16.0 Å². The minimum atomic E-state index is -0.608. The molecule has 27 heavy (non-hydrogen) atoms. The van der Waals surface area contributed by atoms with Crippen molar-refractivity contribution in [3.63, 3.8) is 0 Å². The third kappa shape index (κ3) is 4.43. The van der Waals surface area contributed by atoms with Crippen molar-refractivity contribution >= 4 is 35.0 Å². The number of amides is 3. The number of rotatable bonds is 5. The molecular formula is C19H17ClFN3O3. The normalized spacial score (nSPS) is 16.4. The van der Waals surface area contributed by atoms with E-state index in [2.05, 4.69) is 5.32 Å². The highest BCUT2D eigenvalue weighted by Gasteiger charge is 2.31. The van der Waals surface area contributed by atoms with Crippen LogP contribution in [0.5, 0.6) is 0 Å². The van der Waals surface area contributed by atoms with Gasteiger partial charge in [-0.1, -0.05) is 23.7 Å². The molecule has 1 fully saturated rings. The van der Waals surface area contributed by atoms with Gasteiger partial charge in [0, 0.05) is 24.2 Å². The van der Waals surface area contributed by atoms with Gasteiger partial charge in [-0.25, -0.2) is 4.39 Å². The summed E-state index contributed by atoms with van der Waals surface area (Å²) in [5.41, 5.74) is 6.60. The molecule has 1 aliphatic rings. The van der Waals surface area contributed by atoms with E-state index >= 15 is 0 Å². The van der Waals surface area contributed by atoms with E-state index in [1.807, 2.05) is 0 Å². The molecule has 2 aromatic carbocycles. The van der Waals surface area contributed by atoms with Crippen LogP contribution in [-0.4, -0.2) is 30.3 Å². The summed E-state index contributed by atoms with van der Waals surface area (Å²) in [6.45, 7) is 0.243. The van der Waals surface area contributed by atoms with E-state index < -0.39 is 11.7 Å². The molecule has 1 unspecified atom stereocenters. The number of benzene rings is 2. The van der Waals surface area contributed by atoms with Gasteiger partial charge in [0.15, 0.2) is 0 Å². The van der Waals surface area contributed by atoms with Crippen LogP contribution in [0.25, 0.3) is 0 Å². The number of carbonyl (C=O) groups is 3. The molecule has 3 N–H and O–H groups in total. The van der Waals surface area contributed by atoms with Crippen LogP contribution in [0.15, 0.2) is 42.5 Å². The zero-order valence-corrected chi connectivity index (χ0v) is 15.0. The van der Waals surface area contributed by atoms with E-state index in [0.29, 0.717) is 16.8 Å². The van der Waals surface area contributed by atoms with Crippen molar-refractivity contribution in [1.82, 2.24) is 5.32 Å². The number of nitrogens with two attached hydrogens (primary N) is 1. The average molecular weight is 390 g/mol. The molecule has 0 radical (unpaired) electrons. The Balaban J connectivity index is 1.62. The molecule has 0 spiro atoms. The summed E-state index contributed by atoms with van der Waals surface area (Å²) in [4.78, 5) is 37.1. The van der Waals surface area contributed by atoms with Crippen molar-refractivity contribution in [3.05, 3.63) is 64.4 Å². The molecule has 3 rings (SSSR count). The first-order chi connectivity index (χ1) is 12.8. The summed E-state index contributed by atoms with van der Waals surface area (Å²) in [6.07, 6.45) is 0.179. The van der Waals surface area contributed by atoms with Gasteiger partial charge in [0.05, 0.1) is 17.5 Å². The van der Waals surface area contributed by atoms with Crippen LogP contribution in [0.2, 0.25) is 5.02 Å². The number of carbonyl (C=O) groups excluding carboxylic acids is 3. The van der Waals surface area contributed by atoms with E-state index in [1.165, 1.54) is 17.0 Å². The fourth-order valence-electron chi connectivity index (χ4n) is 3.01. The Kier molecular flexibility index (Phi) is 5.41. The third-order valence-corrected chi connectivity index (χ3v) is 4.59. The molecule has 1 heterocycles. The Bertz CT molecular complexity index is 919. The van der Waals surface area contributed by atoms with Crippen molar-refractivity contribution in [2.45, 2.75) is 18.9 Å². The molecule has 0 bridgehead atoms. The highest BCUT2D eigenvalue weighted by Crippen LogP contribution is 2.25. The van der Waals surface area contributed by atoms with E-state index in [-0.39, 0.29) is 42.3 Å².